The zero-order valence-electron chi connectivity index (χ0n) is 9.60. The maximum absolute atomic E-state index is 12.6. The highest BCUT2D eigenvalue weighted by atomic mass is 19.4. The van der Waals surface area contributed by atoms with E-state index in [4.69, 9.17) is 0 Å². The number of hydrogen-bond donors (Lipinski definition) is 0. The van der Waals surface area contributed by atoms with Gasteiger partial charge in [0, 0.05) is 0 Å². The fraction of sp³-hybridized carbons (Fsp3) is 0.417. The third kappa shape index (κ3) is 3.47. The lowest BCUT2D eigenvalue weighted by molar-refractivity contribution is -0.139. The van der Waals surface area contributed by atoms with Gasteiger partial charge in [-0.1, -0.05) is 19.1 Å². The summed E-state index contributed by atoms with van der Waals surface area (Å²) in [6.07, 6.45) is -4.10. The van der Waals surface area contributed by atoms with Crippen LogP contribution < -0.4 is 0 Å². The first-order valence-corrected chi connectivity index (χ1v) is 5.14. The summed E-state index contributed by atoms with van der Waals surface area (Å²) >= 11 is 0. The molecule has 0 saturated heterocycles. The lowest BCUT2D eigenvalue weighted by Gasteiger charge is -2.12. The normalized spacial score (nSPS) is 11.4. The van der Waals surface area contributed by atoms with Crippen molar-refractivity contribution in [1.29, 1.82) is 0 Å². The number of carbonyl (C=O) groups excluding carboxylic acids is 1. The van der Waals surface area contributed by atoms with Gasteiger partial charge in [-0.15, -0.1) is 0 Å². The van der Waals surface area contributed by atoms with Gasteiger partial charge in [0.05, 0.1) is 19.1 Å². The van der Waals surface area contributed by atoms with E-state index < -0.39 is 17.7 Å². The minimum atomic E-state index is -4.35. The van der Waals surface area contributed by atoms with Crippen LogP contribution in [-0.2, 0) is 28.5 Å². The number of aryl methyl sites for hydroxylation is 1. The third-order valence-corrected chi connectivity index (χ3v) is 2.43. The summed E-state index contributed by atoms with van der Waals surface area (Å²) in [6.45, 7) is 1.65. The monoisotopic (exact) mass is 246 g/mol. The summed E-state index contributed by atoms with van der Waals surface area (Å²) < 4.78 is 42.3. The number of esters is 1. The van der Waals surface area contributed by atoms with Gasteiger partial charge in [0.1, 0.15) is 0 Å². The maximum atomic E-state index is 12.6. The number of hydrogen-bond acceptors (Lipinski definition) is 2. The van der Waals surface area contributed by atoms with E-state index in [1.54, 1.807) is 6.92 Å². The van der Waals surface area contributed by atoms with Gasteiger partial charge in [-0.3, -0.25) is 4.79 Å². The number of benzene rings is 1. The second-order valence-electron chi connectivity index (χ2n) is 3.60. The SMILES string of the molecule is CCc1cc(CC(=O)OC)ccc1C(F)(F)F. The van der Waals surface area contributed by atoms with Crippen LogP contribution in [0.4, 0.5) is 13.2 Å². The predicted molar refractivity (Wildman–Crippen MR) is 56.5 cm³/mol. The van der Waals surface area contributed by atoms with E-state index in [1.807, 2.05) is 0 Å². The van der Waals surface area contributed by atoms with Gasteiger partial charge >= 0.3 is 12.1 Å². The number of ether oxygens (including phenoxy) is 1. The topological polar surface area (TPSA) is 26.3 Å². The molecule has 0 aliphatic heterocycles. The molecule has 1 aromatic carbocycles. The number of methoxy groups -OCH3 is 1. The molecule has 1 rings (SSSR count). The Kier molecular flexibility index (Phi) is 4.15. The Morgan fingerprint density at radius 2 is 2.00 bits per heavy atom. The molecule has 2 nitrogen and oxygen atoms in total. The highest BCUT2D eigenvalue weighted by Crippen LogP contribution is 2.32. The molecule has 0 saturated carbocycles. The standard InChI is InChI=1S/C12H13F3O2/c1-3-9-6-8(7-11(16)17-2)4-5-10(9)12(13,14)15/h4-6H,3,7H2,1-2H3. The molecule has 17 heavy (non-hydrogen) atoms. The van der Waals surface area contributed by atoms with Crippen LogP contribution in [0.15, 0.2) is 18.2 Å². The summed E-state index contributed by atoms with van der Waals surface area (Å²) in [4.78, 5) is 11.0. The zero-order valence-corrected chi connectivity index (χ0v) is 9.60. The van der Waals surface area contributed by atoms with Crippen LogP contribution in [-0.4, -0.2) is 13.1 Å². The van der Waals surface area contributed by atoms with Gasteiger partial charge in [-0.25, -0.2) is 0 Å². The van der Waals surface area contributed by atoms with Crippen LogP contribution in [0.5, 0.6) is 0 Å². The molecule has 0 atom stereocenters. The highest BCUT2D eigenvalue weighted by Gasteiger charge is 2.32. The van der Waals surface area contributed by atoms with E-state index in [0.717, 1.165) is 6.07 Å². The Balaban J connectivity index is 3.05. The van der Waals surface area contributed by atoms with Crippen molar-refractivity contribution in [3.63, 3.8) is 0 Å². The van der Waals surface area contributed by atoms with E-state index in [9.17, 15) is 18.0 Å². The van der Waals surface area contributed by atoms with E-state index in [0.29, 0.717) is 5.56 Å². The third-order valence-electron chi connectivity index (χ3n) is 2.43. The molecule has 5 heteroatoms. The molecule has 0 radical (unpaired) electrons. The van der Waals surface area contributed by atoms with Crippen LogP contribution >= 0.6 is 0 Å². The predicted octanol–water partition coefficient (Wildman–Crippen LogP) is 2.98. The zero-order chi connectivity index (χ0) is 13.1. The molecule has 0 aliphatic carbocycles. The second-order valence-corrected chi connectivity index (χ2v) is 3.60. The van der Waals surface area contributed by atoms with Gasteiger partial charge < -0.3 is 4.74 Å². The molecule has 0 spiro atoms. The van der Waals surface area contributed by atoms with Crippen LogP contribution in [0.2, 0.25) is 0 Å². The van der Waals surface area contributed by atoms with Gasteiger partial charge in [-0.2, -0.15) is 13.2 Å². The Hall–Kier alpha value is -1.52. The molecule has 0 heterocycles. The first-order chi connectivity index (χ1) is 7.88. The smallest absolute Gasteiger partial charge is 0.416 e. The van der Waals surface area contributed by atoms with Crippen LogP contribution in [0.1, 0.15) is 23.6 Å². The van der Waals surface area contributed by atoms with Crippen molar-refractivity contribution >= 4 is 5.97 Å². The van der Waals surface area contributed by atoms with Crippen molar-refractivity contribution in [2.75, 3.05) is 7.11 Å². The summed E-state index contributed by atoms with van der Waals surface area (Å²) in [6, 6.07) is 3.72. The Bertz CT molecular complexity index is 411. The van der Waals surface area contributed by atoms with Crippen LogP contribution in [0, 0.1) is 0 Å². The van der Waals surface area contributed by atoms with E-state index >= 15 is 0 Å². The van der Waals surface area contributed by atoms with Crippen molar-refractivity contribution in [2.45, 2.75) is 25.9 Å². The van der Waals surface area contributed by atoms with E-state index in [2.05, 4.69) is 4.74 Å². The minimum Gasteiger partial charge on any atom is -0.469 e. The number of rotatable bonds is 3. The lowest BCUT2D eigenvalue weighted by atomic mass is 10.00. The average molecular weight is 246 g/mol. The largest absolute Gasteiger partial charge is 0.469 e. The highest BCUT2D eigenvalue weighted by molar-refractivity contribution is 5.72. The quantitative estimate of drug-likeness (QED) is 0.766. The summed E-state index contributed by atoms with van der Waals surface area (Å²) in [5, 5.41) is 0. The number of halogens is 3. The minimum absolute atomic E-state index is 0.0123. The average Bonchev–Trinajstić information content (AvgIpc) is 2.27. The molecule has 94 valence electrons. The van der Waals surface area contributed by atoms with Crippen LogP contribution in [0.25, 0.3) is 0 Å². The molecular formula is C12H13F3O2. The fourth-order valence-electron chi connectivity index (χ4n) is 1.56. The van der Waals surface area contributed by atoms with Crippen molar-refractivity contribution < 1.29 is 22.7 Å². The van der Waals surface area contributed by atoms with Gasteiger partial charge in [0.2, 0.25) is 0 Å². The van der Waals surface area contributed by atoms with Crippen molar-refractivity contribution in [1.82, 2.24) is 0 Å². The van der Waals surface area contributed by atoms with E-state index in [-0.39, 0.29) is 18.4 Å². The molecule has 1 aromatic rings. The Labute approximate surface area is 97.4 Å². The summed E-state index contributed by atoms with van der Waals surface area (Å²) in [5.41, 5.74) is 0.0780. The molecule has 0 unspecified atom stereocenters. The molecule has 0 aliphatic rings. The summed E-state index contributed by atoms with van der Waals surface area (Å²) in [5.74, 6) is -0.466. The molecular weight excluding hydrogens is 233 g/mol. The number of alkyl halides is 3. The molecule has 0 amide bonds. The lowest BCUT2D eigenvalue weighted by Crippen LogP contribution is -2.10. The fourth-order valence-corrected chi connectivity index (χ4v) is 1.56. The molecule has 0 aromatic heterocycles. The first-order valence-electron chi connectivity index (χ1n) is 5.14. The van der Waals surface area contributed by atoms with Gasteiger partial charge in [-0.05, 0) is 23.6 Å². The number of carbonyl (C=O) groups is 1. The summed E-state index contributed by atoms with van der Waals surface area (Å²) in [7, 11) is 1.24. The van der Waals surface area contributed by atoms with Crippen molar-refractivity contribution in [3.05, 3.63) is 34.9 Å². The molecule has 0 N–H and O–H groups in total. The maximum Gasteiger partial charge on any atom is 0.416 e. The van der Waals surface area contributed by atoms with Crippen molar-refractivity contribution in [3.8, 4) is 0 Å². The Morgan fingerprint density at radius 3 is 2.47 bits per heavy atom. The Morgan fingerprint density at radius 1 is 1.35 bits per heavy atom. The van der Waals surface area contributed by atoms with Gasteiger partial charge in [0.25, 0.3) is 0 Å². The van der Waals surface area contributed by atoms with Gasteiger partial charge in [0.15, 0.2) is 0 Å². The van der Waals surface area contributed by atoms with Crippen LogP contribution in [0.3, 0.4) is 0 Å². The molecule has 0 bridgehead atoms. The van der Waals surface area contributed by atoms with Crippen molar-refractivity contribution in [2.24, 2.45) is 0 Å². The second kappa shape index (κ2) is 5.21. The first kappa shape index (κ1) is 13.5. The molecule has 0 fully saturated rings. The van der Waals surface area contributed by atoms with E-state index in [1.165, 1.54) is 19.2 Å².